The summed E-state index contributed by atoms with van der Waals surface area (Å²) < 4.78 is 0. The van der Waals surface area contributed by atoms with Gasteiger partial charge in [0.25, 0.3) is 5.91 Å². The van der Waals surface area contributed by atoms with E-state index >= 15 is 0 Å². The van der Waals surface area contributed by atoms with E-state index in [2.05, 4.69) is 15.8 Å². The lowest BCUT2D eigenvalue weighted by atomic mass is 10.1. The summed E-state index contributed by atoms with van der Waals surface area (Å²) in [6.45, 7) is 0.404. The van der Waals surface area contributed by atoms with E-state index in [0.29, 0.717) is 18.7 Å². The number of carbonyl (C=O) groups excluding carboxylic acids is 2. The van der Waals surface area contributed by atoms with E-state index in [1.807, 2.05) is 17.5 Å². The zero-order chi connectivity index (χ0) is 14.4. The maximum atomic E-state index is 11.9. The van der Waals surface area contributed by atoms with E-state index < -0.39 is 0 Å². The first-order valence-corrected chi connectivity index (χ1v) is 7.34. The molecule has 1 aromatic rings. The first-order chi connectivity index (χ1) is 9.69. The van der Waals surface area contributed by atoms with Gasteiger partial charge in [0.2, 0.25) is 5.91 Å². The molecule has 1 aliphatic heterocycles. The first-order valence-electron chi connectivity index (χ1n) is 6.46. The molecule has 3 N–H and O–H groups in total. The molecule has 1 aromatic heterocycles. The molecule has 108 valence electrons. The third kappa shape index (κ3) is 4.14. The highest BCUT2D eigenvalue weighted by Gasteiger charge is 2.19. The second-order valence-electron chi connectivity index (χ2n) is 4.64. The van der Waals surface area contributed by atoms with Crippen molar-refractivity contribution < 1.29 is 14.7 Å². The quantitative estimate of drug-likeness (QED) is 0.704. The van der Waals surface area contributed by atoms with Crippen molar-refractivity contribution in [3.63, 3.8) is 0 Å². The van der Waals surface area contributed by atoms with E-state index in [9.17, 15) is 14.7 Å². The summed E-state index contributed by atoms with van der Waals surface area (Å²) in [5.41, 5.74) is 2.62. The Morgan fingerprint density at radius 1 is 1.55 bits per heavy atom. The summed E-state index contributed by atoms with van der Waals surface area (Å²) in [4.78, 5) is 24.0. The van der Waals surface area contributed by atoms with Crippen molar-refractivity contribution in [2.75, 3.05) is 13.2 Å². The van der Waals surface area contributed by atoms with Crippen molar-refractivity contribution in [3.05, 3.63) is 22.4 Å². The number of amides is 2. The molecule has 0 aromatic carbocycles. The molecule has 0 saturated heterocycles. The van der Waals surface area contributed by atoms with Crippen LogP contribution in [-0.2, 0) is 16.0 Å². The Kier molecular flexibility index (Phi) is 5.25. The number of rotatable bonds is 6. The molecule has 0 radical (unpaired) electrons. The van der Waals surface area contributed by atoms with Crippen LogP contribution in [0, 0.1) is 5.92 Å². The maximum Gasteiger partial charge on any atom is 0.267 e. The number of hydrazone groups is 1. The van der Waals surface area contributed by atoms with Crippen LogP contribution in [0.3, 0.4) is 0 Å². The Morgan fingerprint density at radius 2 is 2.40 bits per heavy atom. The number of hydrogen-bond acceptors (Lipinski definition) is 5. The monoisotopic (exact) mass is 295 g/mol. The van der Waals surface area contributed by atoms with Crippen LogP contribution in [0.15, 0.2) is 22.6 Å². The van der Waals surface area contributed by atoms with Crippen LogP contribution < -0.4 is 10.7 Å². The third-order valence-electron chi connectivity index (χ3n) is 3.05. The molecule has 7 heteroatoms. The maximum absolute atomic E-state index is 11.9. The minimum absolute atomic E-state index is 0.0153. The highest BCUT2D eigenvalue weighted by atomic mass is 32.1. The molecule has 2 amide bonds. The van der Waals surface area contributed by atoms with Gasteiger partial charge in [0, 0.05) is 36.8 Å². The van der Waals surface area contributed by atoms with Gasteiger partial charge in [-0.3, -0.25) is 9.59 Å². The van der Waals surface area contributed by atoms with E-state index in [1.165, 1.54) is 4.88 Å². The molecular formula is C13H17N3O3S. The van der Waals surface area contributed by atoms with Crippen LogP contribution in [0.5, 0.6) is 0 Å². The normalized spacial score (nSPS) is 16.2. The molecule has 6 nitrogen and oxygen atoms in total. The zero-order valence-electron chi connectivity index (χ0n) is 11.0. The molecule has 0 spiro atoms. The summed E-state index contributed by atoms with van der Waals surface area (Å²) in [6.07, 6.45) is 1.37. The van der Waals surface area contributed by atoms with Gasteiger partial charge in [-0.15, -0.1) is 11.3 Å². The summed E-state index contributed by atoms with van der Waals surface area (Å²) in [6, 6.07) is 3.97. The van der Waals surface area contributed by atoms with Crippen molar-refractivity contribution >= 4 is 28.9 Å². The molecular weight excluding hydrogens is 278 g/mol. The molecule has 1 aliphatic rings. The summed E-state index contributed by atoms with van der Waals surface area (Å²) in [5, 5.41) is 17.8. The number of hydrogen-bond donors (Lipinski definition) is 3. The highest BCUT2D eigenvalue weighted by Crippen LogP contribution is 2.14. The molecule has 1 atom stereocenters. The van der Waals surface area contributed by atoms with Gasteiger partial charge in [-0.25, -0.2) is 5.43 Å². The Morgan fingerprint density at radius 3 is 3.00 bits per heavy atom. The Bertz CT molecular complexity index is 499. The second-order valence-corrected chi connectivity index (χ2v) is 5.67. The van der Waals surface area contributed by atoms with Gasteiger partial charge in [0.15, 0.2) is 0 Å². The molecule has 2 heterocycles. The van der Waals surface area contributed by atoms with Crippen LogP contribution in [0.25, 0.3) is 0 Å². The largest absolute Gasteiger partial charge is 0.396 e. The molecule has 0 aliphatic carbocycles. The predicted octanol–water partition coefficient (Wildman–Crippen LogP) is 0.281. The third-order valence-corrected chi connectivity index (χ3v) is 3.94. The van der Waals surface area contributed by atoms with Crippen LogP contribution >= 0.6 is 11.3 Å². The Balaban J connectivity index is 1.80. The topological polar surface area (TPSA) is 90.8 Å². The molecule has 20 heavy (non-hydrogen) atoms. The van der Waals surface area contributed by atoms with E-state index in [4.69, 9.17) is 0 Å². The van der Waals surface area contributed by atoms with Crippen molar-refractivity contribution in [1.82, 2.24) is 10.7 Å². The fraction of sp³-hybridized carbons (Fsp3) is 0.462. The van der Waals surface area contributed by atoms with E-state index in [-0.39, 0.29) is 30.8 Å². The summed E-state index contributed by atoms with van der Waals surface area (Å²) in [5.74, 6) is -0.474. The number of thiophene rings is 1. The van der Waals surface area contributed by atoms with Gasteiger partial charge in [-0.2, -0.15) is 5.10 Å². The van der Waals surface area contributed by atoms with Gasteiger partial charge >= 0.3 is 0 Å². The fourth-order valence-corrected chi connectivity index (χ4v) is 2.71. The van der Waals surface area contributed by atoms with Crippen molar-refractivity contribution in [2.24, 2.45) is 11.0 Å². The summed E-state index contributed by atoms with van der Waals surface area (Å²) >= 11 is 1.63. The van der Waals surface area contributed by atoms with Gasteiger partial charge < -0.3 is 10.4 Å². The van der Waals surface area contributed by atoms with Crippen molar-refractivity contribution in [2.45, 2.75) is 19.3 Å². The number of carbonyl (C=O) groups is 2. The lowest BCUT2D eigenvalue weighted by molar-refractivity contribution is -0.121. The number of nitrogens with zero attached hydrogens (tertiary/aromatic N) is 1. The lowest BCUT2D eigenvalue weighted by Gasteiger charge is -2.16. The Labute approximate surface area is 120 Å². The SMILES string of the molecule is O=C1CCC(C(=O)NC[C@@H](CO)Cc2cccs2)=NN1. The molecule has 2 rings (SSSR count). The molecule has 0 saturated carbocycles. The van der Waals surface area contributed by atoms with Gasteiger partial charge in [0.05, 0.1) is 0 Å². The van der Waals surface area contributed by atoms with Gasteiger partial charge in [-0.05, 0) is 17.9 Å². The van der Waals surface area contributed by atoms with Crippen LogP contribution in [-0.4, -0.2) is 35.8 Å². The fourth-order valence-electron chi connectivity index (χ4n) is 1.89. The highest BCUT2D eigenvalue weighted by molar-refractivity contribution is 7.09. The van der Waals surface area contributed by atoms with Crippen molar-refractivity contribution in [1.29, 1.82) is 0 Å². The average Bonchev–Trinajstić information content (AvgIpc) is 2.96. The Hall–Kier alpha value is -1.73. The smallest absolute Gasteiger partial charge is 0.267 e. The minimum Gasteiger partial charge on any atom is -0.396 e. The van der Waals surface area contributed by atoms with Crippen LogP contribution in [0.1, 0.15) is 17.7 Å². The van der Waals surface area contributed by atoms with Crippen LogP contribution in [0.2, 0.25) is 0 Å². The zero-order valence-corrected chi connectivity index (χ0v) is 11.8. The average molecular weight is 295 g/mol. The second kappa shape index (κ2) is 7.16. The predicted molar refractivity (Wildman–Crippen MR) is 76.4 cm³/mol. The number of aliphatic hydroxyl groups excluding tert-OH is 1. The standard InChI is InChI=1S/C13H17N3O3S/c17-8-9(6-10-2-1-5-20-10)7-14-13(19)11-3-4-12(18)16-15-11/h1-2,5,9,17H,3-4,6-8H2,(H,14,19)(H,16,18)/t9-/m0/s1. The number of nitrogens with one attached hydrogen (secondary N) is 2. The summed E-state index contributed by atoms with van der Waals surface area (Å²) in [7, 11) is 0. The van der Waals surface area contributed by atoms with Gasteiger partial charge in [0.1, 0.15) is 5.71 Å². The van der Waals surface area contributed by atoms with Gasteiger partial charge in [-0.1, -0.05) is 6.07 Å². The molecule has 0 bridgehead atoms. The number of aliphatic hydroxyl groups is 1. The minimum atomic E-state index is -0.283. The van der Waals surface area contributed by atoms with E-state index in [0.717, 1.165) is 6.42 Å². The van der Waals surface area contributed by atoms with Crippen LogP contribution in [0.4, 0.5) is 0 Å². The molecule has 0 fully saturated rings. The lowest BCUT2D eigenvalue weighted by Crippen LogP contribution is -2.39. The van der Waals surface area contributed by atoms with E-state index in [1.54, 1.807) is 11.3 Å². The first kappa shape index (κ1) is 14.7. The molecule has 0 unspecified atom stereocenters. The van der Waals surface area contributed by atoms with Crippen molar-refractivity contribution in [3.8, 4) is 0 Å².